The molecule has 0 unspecified atom stereocenters. The van der Waals surface area contributed by atoms with E-state index >= 15 is 0 Å². The zero-order valence-corrected chi connectivity index (χ0v) is 15.0. The molecule has 1 nitrogen and oxygen atoms in total. The summed E-state index contributed by atoms with van der Waals surface area (Å²) in [5, 5.41) is 10.8. The number of hydrogen-bond acceptors (Lipinski definition) is 1. The van der Waals surface area contributed by atoms with Gasteiger partial charge in [0.25, 0.3) is 0 Å². The van der Waals surface area contributed by atoms with Crippen LogP contribution in [-0.4, -0.2) is 5.11 Å². The highest BCUT2D eigenvalue weighted by atomic mass is 19.2. The summed E-state index contributed by atoms with van der Waals surface area (Å²) >= 11 is 0. The Kier molecular flexibility index (Phi) is 5.77. The van der Waals surface area contributed by atoms with Gasteiger partial charge in [0.15, 0.2) is 17.5 Å². The van der Waals surface area contributed by atoms with Gasteiger partial charge < -0.3 is 5.11 Å². The molecule has 0 spiro atoms. The molecule has 1 aromatic carbocycles. The van der Waals surface area contributed by atoms with Crippen molar-refractivity contribution in [2.24, 2.45) is 17.8 Å². The van der Waals surface area contributed by atoms with E-state index in [0.29, 0.717) is 24.7 Å². The van der Waals surface area contributed by atoms with Crippen LogP contribution in [0.25, 0.3) is 0 Å². The molecule has 0 amide bonds. The highest BCUT2D eigenvalue weighted by Gasteiger charge is 2.40. The van der Waals surface area contributed by atoms with Crippen molar-refractivity contribution >= 4 is 0 Å². The summed E-state index contributed by atoms with van der Waals surface area (Å²) in [5.74, 6) is -1.78. The van der Waals surface area contributed by atoms with Crippen LogP contribution < -0.4 is 0 Å². The second-order valence-electron chi connectivity index (χ2n) is 8.16. The Morgan fingerprint density at radius 1 is 0.920 bits per heavy atom. The fourth-order valence-electron chi connectivity index (χ4n) is 5.10. The van der Waals surface area contributed by atoms with Crippen molar-refractivity contribution in [1.82, 2.24) is 0 Å². The lowest BCUT2D eigenvalue weighted by Gasteiger charge is -2.41. The van der Waals surface area contributed by atoms with Crippen molar-refractivity contribution < 1.29 is 18.3 Å². The second-order valence-corrected chi connectivity index (χ2v) is 8.16. The molecule has 25 heavy (non-hydrogen) atoms. The number of rotatable bonds is 4. The van der Waals surface area contributed by atoms with E-state index in [1.165, 1.54) is 44.6 Å². The van der Waals surface area contributed by atoms with E-state index in [1.807, 2.05) is 0 Å². The Labute approximate surface area is 148 Å². The molecule has 2 aliphatic rings. The molecule has 2 aliphatic carbocycles. The summed E-state index contributed by atoms with van der Waals surface area (Å²) in [7, 11) is 0. The summed E-state index contributed by atoms with van der Waals surface area (Å²) in [6, 6.07) is 2.11. The van der Waals surface area contributed by atoms with Crippen LogP contribution in [-0.2, 0) is 5.60 Å². The molecule has 0 aliphatic heterocycles. The van der Waals surface area contributed by atoms with Gasteiger partial charge >= 0.3 is 0 Å². The monoisotopic (exact) mass is 354 g/mol. The lowest BCUT2D eigenvalue weighted by atomic mass is 9.66. The highest BCUT2D eigenvalue weighted by molar-refractivity contribution is 5.27. The van der Waals surface area contributed by atoms with E-state index in [2.05, 4.69) is 6.92 Å². The topological polar surface area (TPSA) is 20.2 Å². The molecule has 3 rings (SSSR count). The maximum Gasteiger partial charge on any atom is 0.194 e. The first kappa shape index (κ1) is 18.8. The first-order valence-electron chi connectivity index (χ1n) is 9.81. The Bertz CT molecular complexity index is 585. The molecule has 0 heterocycles. The summed E-state index contributed by atoms with van der Waals surface area (Å²) < 4.78 is 40.8. The lowest BCUT2D eigenvalue weighted by molar-refractivity contribution is -0.0291. The molecule has 0 atom stereocenters. The molecular weight excluding hydrogens is 325 g/mol. The predicted octanol–water partition coefficient (Wildman–Crippen LogP) is 6.09. The normalized spacial score (nSPS) is 33.4. The molecular formula is C21H29F3O. The molecule has 0 radical (unpaired) electrons. The van der Waals surface area contributed by atoms with Gasteiger partial charge in [-0.2, -0.15) is 0 Å². The predicted molar refractivity (Wildman–Crippen MR) is 92.5 cm³/mol. The van der Waals surface area contributed by atoms with Gasteiger partial charge in [-0.15, -0.1) is 0 Å². The molecule has 2 fully saturated rings. The van der Waals surface area contributed by atoms with Gasteiger partial charge in [-0.05, 0) is 62.3 Å². The van der Waals surface area contributed by atoms with Crippen LogP contribution in [0, 0.1) is 35.2 Å². The second kappa shape index (κ2) is 7.69. The van der Waals surface area contributed by atoms with Gasteiger partial charge in [0.05, 0.1) is 5.60 Å². The smallest absolute Gasteiger partial charge is 0.194 e. The molecule has 0 aromatic heterocycles. The van der Waals surface area contributed by atoms with E-state index in [0.717, 1.165) is 24.8 Å². The van der Waals surface area contributed by atoms with Crippen molar-refractivity contribution in [3.63, 3.8) is 0 Å². The van der Waals surface area contributed by atoms with Gasteiger partial charge in [-0.3, -0.25) is 0 Å². The van der Waals surface area contributed by atoms with Gasteiger partial charge in [0.2, 0.25) is 0 Å². The average Bonchev–Trinajstić information content (AvgIpc) is 2.61. The molecule has 0 saturated heterocycles. The third-order valence-electron chi connectivity index (χ3n) is 6.65. The summed E-state index contributed by atoms with van der Waals surface area (Å²) in [6.07, 6.45) is 10.2. The van der Waals surface area contributed by atoms with Crippen LogP contribution in [0.4, 0.5) is 13.2 Å². The SMILES string of the molecule is CCC[C@H]1CC[C@H](C2CCC(O)(c3ccc(F)c(F)c3F)CC2)CC1. The Hall–Kier alpha value is -1.03. The van der Waals surface area contributed by atoms with E-state index in [1.54, 1.807) is 0 Å². The fourth-order valence-corrected chi connectivity index (χ4v) is 5.10. The molecule has 4 heteroatoms. The van der Waals surface area contributed by atoms with Gasteiger partial charge in [0, 0.05) is 5.56 Å². The largest absolute Gasteiger partial charge is 0.385 e. The molecule has 1 N–H and O–H groups in total. The van der Waals surface area contributed by atoms with Crippen molar-refractivity contribution in [2.75, 3.05) is 0 Å². The van der Waals surface area contributed by atoms with Crippen LogP contribution in [0.5, 0.6) is 0 Å². The van der Waals surface area contributed by atoms with Crippen molar-refractivity contribution in [3.05, 3.63) is 35.1 Å². The van der Waals surface area contributed by atoms with Gasteiger partial charge in [0.1, 0.15) is 0 Å². The molecule has 140 valence electrons. The minimum absolute atomic E-state index is 0.0866. The number of aliphatic hydroxyl groups is 1. The average molecular weight is 354 g/mol. The minimum atomic E-state index is -1.48. The molecule has 2 saturated carbocycles. The summed E-state index contributed by atoms with van der Waals surface area (Å²) in [4.78, 5) is 0. The van der Waals surface area contributed by atoms with Crippen molar-refractivity contribution in [3.8, 4) is 0 Å². The summed E-state index contributed by atoms with van der Waals surface area (Å²) in [6.45, 7) is 2.24. The van der Waals surface area contributed by atoms with E-state index in [9.17, 15) is 18.3 Å². The van der Waals surface area contributed by atoms with E-state index in [-0.39, 0.29) is 5.56 Å². The van der Waals surface area contributed by atoms with Crippen LogP contribution in [0.2, 0.25) is 0 Å². The maximum absolute atomic E-state index is 14.1. The summed E-state index contributed by atoms with van der Waals surface area (Å²) in [5.41, 5.74) is -1.45. The maximum atomic E-state index is 14.1. The Morgan fingerprint density at radius 2 is 1.52 bits per heavy atom. The van der Waals surface area contributed by atoms with Crippen LogP contribution in [0.3, 0.4) is 0 Å². The lowest BCUT2D eigenvalue weighted by Crippen LogP contribution is -2.35. The first-order valence-corrected chi connectivity index (χ1v) is 9.81. The van der Waals surface area contributed by atoms with Gasteiger partial charge in [-0.1, -0.05) is 38.7 Å². The van der Waals surface area contributed by atoms with Crippen LogP contribution >= 0.6 is 0 Å². The highest BCUT2D eigenvalue weighted by Crippen LogP contribution is 2.46. The fraction of sp³-hybridized carbons (Fsp3) is 0.714. The third kappa shape index (κ3) is 3.89. The Balaban J connectivity index is 1.61. The van der Waals surface area contributed by atoms with Crippen molar-refractivity contribution in [2.45, 2.75) is 76.7 Å². The minimum Gasteiger partial charge on any atom is -0.385 e. The van der Waals surface area contributed by atoms with Crippen molar-refractivity contribution in [1.29, 1.82) is 0 Å². The van der Waals surface area contributed by atoms with Crippen LogP contribution in [0.15, 0.2) is 12.1 Å². The molecule has 0 bridgehead atoms. The van der Waals surface area contributed by atoms with E-state index < -0.39 is 23.1 Å². The first-order chi connectivity index (χ1) is 11.9. The zero-order chi connectivity index (χ0) is 18.0. The van der Waals surface area contributed by atoms with E-state index in [4.69, 9.17) is 0 Å². The van der Waals surface area contributed by atoms with Gasteiger partial charge in [-0.25, -0.2) is 13.2 Å². The molecule has 1 aromatic rings. The number of hydrogen-bond donors (Lipinski definition) is 1. The standard InChI is InChI=1S/C21H29F3O/c1-2-3-14-4-6-15(7-5-14)16-10-12-21(25,13-11-16)17-8-9-18(22)20(24)19(17)23/h8-9,14-16,25H,2-7,10-13H2,1H3/t14-,15-,16?,21?. The zero-order valence-electron chi connectivity index (χ0n) is 15.0. The number of halogens is 3. The Morgan fingerprint density at radius 3 is 2.12 bits per heavy atom. The van der Waals surface area contributed by atoms with Crippen LogP contribution in [0.1, 0.15) is 76.7 Å². The quantitative estimate of drug-likeness (QED) is 0.649. The third-order valence-corrected chi connectivity index (χ3v) is 6.65. The number of benzene rings is 1.